The normalized spacial score (nSPS) is 12.2. The minimum Gasteiger partial charge on any atom is -0.454 e. The Bertz CT molecular complexity index is 983. The lowest BCUT2D eigenvalue weighted by Crippen LogP contribution is -2.11. The fourth-order valence-electron chi connectivity index (χ4n) is 2.63. The smallest absolute Gasteiger partial charge is 0.344 e. The maximum Gasteiger partial charge on any atom is 0.344 e. The molecule has 0 bridgehead atoms. The highest BCUT2D eigenvalue weighted by Crippen LogP contribution is 2.33. The van der Waals surface area contributed by atoms with E-state index in [0.29, 0.717) is 29.2 Å². The highest BCUT2D eigenvalue weighted by molar-refractivity contribution is 5.91. The number of halogens is 1. The molecule has 3 aromatic rings. The van der Waals surface area contributed by atoms with Gasteiger partial charge in [-0.1, -0.05) is 13.0 Å². The van der Waals surface area contributed by atoms with Crippen molar-refractivity contribution in [1.29, 1.82) is 0 Å². The Morgan fingerprint density at radius 2 is 2.04 bits per heavy atom. The van der Waals surface area contributed by atoms with E-state index in [1.54, 1.807) is 36.4 Å². The van der Waals surface area contributed by atoms with Crippen LogP contribution in [-0.2, 0) is 6.42 Å². The minimum atomic E-state index is -0.566. The highest BCUT2D eigenvalue weighted by Gasteiger charge is 2.20. The van der Waals surface area contributed by atoms with Gasteiger partial charge in [-0.2, -0.15) is 5.10 Å². The summed E-state index contributed by atoms with van der Waals surface area (Å²) in [5.74, 6) is 0.328. The quantitative estimate of drug-likeness (QED) is 0.671. The van der Waals surface area contributed by atoms with Crippen molar-refractivity contribution in [2.75, 3.05) is 6.79 Å². The molecule has 0 radical (unpaired) electrons. The zero-order chi connectivity index (χ0) is 18.1. The Labute approximate surface area is 148 Å². The van der Waals surface area contributed by atoms with Gasteiger partial charge in [0.2, 0.25) is 12.7 Å². The lowest BCUT2D eigenvalue weighted by atomic mass is 10.2. The van der Waals surface area contributed by atoms with Crippen molar-refractivity contribution in [2.45, 2.75) is 13.3 Å². The van der Waals surface area contributed by atoms with Gasteiger partial charge in [0.15, 0.2) is 11.5 Å². The van der Waals surface area contributed by atoms with Crippen LogP contribution in [0.5, 0.6) is 17.4 Å². The van der Waals surface area contributed by atoms with E-state index >= 15 is 0 Å². The van der Waals surface area contributed by atoms with Crippen LogP contribution < -0.4 is 14.2 Å². The molecular formula is C19H15FN2O4. The summed E-state index contributed by atoms with van der Waals surface area (Å²) in [6.07, 6.45) is 0.650. The molecule has 0 fully saturated rings. The second kappa shape index (κ2) is 6.51. The molecule has 0 atom stereocenters. The van der Waals surface area contributed by atoms with Gasteiger partial charge in [-0.3, -0.25) is 0 Å². The summed E-state index contributed by atoms with van der Waals surface area (Å²) >= 11 is 0. The molecule has 0 aliphatic carbocycles. The van der Waals surface area contributed by atoms with Gasteiger partial charge in [0.25, 0.3) is 0 Å². The van der Waals surface area contributed by atoms with Gasteiger partial charge in [0.05, 0.1) is 16.9 Å². The third-order valence-electron chi connectivity index (χ3n) is 3.95. The summed E-state index contributed by atoms with van der Waals surface area (Å²) in [5, 5.41) is 4.37. The van der Waals surface area contributed by atoms with E-state index in [1.807, 2.05) is 6.92 Å². The number of ether oxygens (including phenoxy) is 3. The third-order valence-corrected chi connectivity index (χ3v) is 3.95. The van der Waals surface area contributed by atoms with E-state index in [4.69, 9.17) is 14.2 Å². The van der Waals surface area contributed by atoms with Gasteiger partial charge in [0.1, 0.15) is 5.82 Å². The first-order valence-corrected chi connectivity index (χ1v) is 8.11. The molecule has 4 rings (SSSR count). The van der Waals surface area contributed by atoms with E-state index in [2.05, 4.69) is 5.10 Å². The molecule has 26 heavy (non-hydrogen) atoms. The summed E-state index contributed by atoms with van der Waals surface area (Å²) in [4.78, 5) is 12.5. The topological polar surface area (TPSA) is 62.6 Å². The zero-order valence-corrected chi connectivity index (χ0v) is 13.9. The Kier molecular flexibility index (Phi) is 4.04. The molecule has 2 heterocycles. The van der Waals surface area contributed by atoms with Gasteiger partial charge in [-0.05, 0) is 42.8 Å². The second-order valence-electron chi connectivity index (χ2n) is 5.68. The van der Waals surface area contributed by atoms with Gasteiger partial charge >= 0.3 is 5.97 Å². The monoisotopic (exact) mass is 354 g/mol. The number of carbonyl (C=O) groups is 1. The van der Waals surface area contributed by atoms with Gasteiger partial charge < -0.3 is 14.2 Å². The Morgan fingerprint density at radius 1 is 1.19 bits per heavy atom. The van der Waals surface area contributed by atoms with Crippen LogP contribution in [-0.4, -0.2) is 22.5 Å². The molecule has 6 nitrogen and oxygen atoms in total. The van der Waals surface area contributed by atoms with Crippen LogP contribution in [0.25, 0.3) is 5.69 Å². The summed E-state index contributed by atoms with van der Waals surface area (Å²) in [6, 6.07) is 12.4. The fourth-order valence-corrected chi connectivity index (χ4v) is 2.63. The predicted molar refractivity (Wildman–Crippen MR) is 90.4 cm³/mol. The van der Waals surface area contributed by atoms with Crippen molar-refractivity contribution in [3.8, 4) is 23.1 Å². The molecule has 2 aromatic carbocycles. The number of aromatic nitrogens is 2. The second-order valence-corrected chi connectivity index (χ2v) is 5.68. The summed E-state index contributed by atoms with van der Waals surface area (Å²) in [6.45, 7) is 2.06. The summed E-state index contributed by atoms with van der Waals surface area (Å²) in [7, 11) is 0. The lowest BCUT2D eigenvalue weighted by molar-refractivity contribution is 0.0722. The Morgan fingerprint density at radius 3 is 2.85 bits per heavy atom. The molecule has 132 valence electrons. The predicted octanol–water partition coefficient (Wildman–Crippen LogP) is 3.52. The van der Waals surface area contributed by atoms with Crippen molar-refractivity contribution in [3.05, 3.63) is 65.6 Å². The van der Waals surface area contributed by atoms with Crippen LogP contribution in [0.2, 0.25) is 0 Å². The Hall–Kier alpha value is -3.35. The number of esters is 1. The fraction of sp³-hybridized carbons (Fsp3) is 0.158. The molecule has 0 unspecified atom stereocenters. The first-order valence-electron chi connectivity index (χ1n) is 8.11. The van der Waals surface area contributed by atoms with Crippen molar-refractivity contribution >= 4 is 5.97 Å². The average Bonchev–Trinajstić information content (AvgIpc) is 3.27. The first-order chi connectivity index (χ1) is 12.6. The highest BCUT2D eigenvalue weighted by atomic mass is 19.1. The van der Waals surface area contributed by atoms with E-state index < -0.39 is 11.8 Å². The number of aryl methyl sites for hydroxylation is 1. The largest absolute Gasteiger partial charge is 0.454 e. The molecule has 0 saturated heterocycles. The van der Waals surface area contributed by atoms with E-state index in [0.717, 1.165) is 5.69 Å². The first kappa shape index (κ1) is 16.1. The number of nitrogens with zero attached hydrogens (tertiary/aromatic N) is 2. The molecule has 7 heteroatoms. The van der Waals surface area contributed by atoms with E-state index in [9.17, 15) is 9.18 Å². The van der Waals surface area contributed by atoms with Crippen LogP contribution >= 0.6 is 0 Å². The van der Waals surface area contributed by atoms with E-state index in [-0.39, 0.29) is 12.7 Å². The van der Waals surface area contributed by atoms with Crippen molar-refractivity contribution < 1.29 is 23.4 Å². The van der Waals surface area contributed by atoms with Crippen molar-refractivity contribution in [3.63, 3.8) is 0 Å². The SMILES string of the molecule is CCc1cc(OC(=O)c2ccc3c(c2)OCO3)n(-c2cccc(F)c2)n1. The van der Waals surface area contributed by atoms with Crippen molar-refractivity contribution in [1.82, 2.24) is 9.78 Å². The molecule has 1 aliphatic rings. The van der Waals surface area contributed by atoms with Gasteiger partial charge in [0, 0.05) is 6.07 Å². The lowest BCUT2D eigenvalue weighted by Gasteiger charge is -2.08. The van der Waals surface area contributed by atoms with Crippen LogP contribution in [0.1, 0.15) is 23.0 Å². The molecule has 0 amide bonds. The standard InChI is InChI=1S/C19H15FN2O4/c1-2-14-10-18(22(21-14)15-5-3-4-13(20)9-15)26-19(23)12-6-7-16-17(8-12)25-11-24-16/h3-10H,2,11H2,1H3. The third kappa shape index (κ3) is 2.99. The van der Waals surface area contributed by atoms with Crippen molar-refractivity contribution in [2.24, 2.45) is 0 Å². The maximum absolute atomic E-state index is 13.6. The summed E-state index contributed by atoms with van der Waals surface area (Å²) < 4.78 is 31.0. The molecule has 0 saturated carbocycles. The van der Waals surface area contributed by atoms with Crippen LogP contribution in [0, 0.1) is 5.82 Å². The van der Waals surface area contributed by atoms with Gasteiger partial charge in [-0.15, -0.1) is 0 Å². The van der Waals surface area contributed by atoms with Crippen LogP contribution in [0.15, 0.2) is 48.5 Å². The minimum absolute atomic E-state index is 0.125. The maximum atomic E-state index is 13.6. The number of hydrogen-bond donors (Lipinski definition) is 0. The zero-order valence-electron chi connectivity index (χ0n) is 13.9. The molecule has 0 N–H and O–H groups in total. The number of fused-ring (bicyclic) bond motifs is 1. The Balaban J connectivity index is 1.65. The van der Waals surface area contributed by atoms with Crippen LogP contribution in [0.3, 0.4) is 0 Å². The van der Waals surface area contributed by atoms with Crippen LogP contribution in [0.4, 0.5) is 4.39 Å². The molecule has 1 aromatic heterocycles. The number of hydrogen-bond acceptors (Lipinski definition) is 5. The van der Waals surface area contributed by atoms with E-state index in [1.165, 1.54) is 16.8 Å². The summed E-state index contributed by atoms with van der Waals surface area (Å²) in [5.41, 5.74) is 1.51. The molecular weight excluding hydrogens is 339 g/mol. The molecule has 1 aliphatic heterocycles. The molecule has 0 spiro atoms. The average molecular weight is 354 g/mol. The van der Waals surface area contributed by atoms with Gasteiger partial charge in [-0.25, -0.2) is 13.9 Å². The number of benzene rings is 2. The number of rotatable bonds is 4. The number of carbonyl (C=O) groups excluding carboxylic acids is 1.